The highest BCUT2D eigenvalue weighted by Crippen LogP contribution is 2.44. The van der Waals surface area contributed by atoms with Crippen molar-refractivity contribution in [3.05, 3.63) is 193 Å². The molecule has 0 fully saturated rings. The molecule has 0 aliphatic rings. The summed E-state index contributed by atoms with van der Waals surface area (Å²) in [5.74, 6) is 0. The zero-order valence-corrected chi connectivity index (χ0v) is 30.5. The average molecular weight is 724 g/mol. The number of para-hydroxylation sites is 3. The van der Waals surface area contributed by atoms with Gasteiger partial charge >= 0.3 is 0 Å². The molecule has 0 aliphatic heterocycles. The predicted molar refractivity (Wildman–Crippen MR) is 235 cm³/mol. The van der Waals surface area contributed by atoms with Crippen LogP contribution in [0.3, 0.4) is 0 Å². The van der Waals surface area contributed by atoms with Crippen LogP contribution in [0, 0.1) is 17.9 Å². The molecule has 0 saturated heterocycles. The van der Waals surface area contributed by atoms with Gasteiger partial charge < -0.3 is 13.7 Å². The van der Waals surface area contributed by atoms with Gasteiger partial charge in [0.05, 0.1) is 56.6 Å². The fourth-order valence-corrected chi connectivity index (χ4v) is 9.48. The topological polar surface area (TPSA) is 42.9 Å². The Kier molecular flexibility index (Phi) is 6.41. The van der Waals surface area contributed by atoms with E-state index in [4.69, 9.17) is 6.57 Å². The van der Waals surface area contributed by atoms with Crippen molar-refractivity contribution in [2.24, 2.45) is 0 Å². The summed E-state index contributed by atoms with van der Waals surface area (Å²) in [6.07, 6.45) is 0. The smallest absolute Gasteiger partial charge is 0.212 e. The van der Waals surface area contributed by atoms with Gasteiger partial charge in [-0.1, -0.05) is 121 Å². The summed E-state index contributed by atoms with van der Waals surface area (Å²) in [5, 5.41) is 22.5. The van der Waals surface area contributed by atoms with Crippen molar-refractivity contribution >= 4 is 92.6 Å². The van der Waals surface area contributed by atoms with E-state index in [1.807, 2.05) is 18.2 Å². The Labute approximate surface area is 326 Å². The van der Waals surface area contributed by atoms with Gasteiger partial charge in [0.2, 0.25) is 5.69 Å². The first-order valence-corrected chi connectivity index (χ1v) is 19.0. The van der Waals surface area contributed by atoms with E-state index in [-0.39, 0.29) is 0 Å². The number of hydrogen-bond acceptors (Lipinski definition) is 1. The molecule has 0 aliphatic carbocycles. The van der Waals surface area contributed by atoms with Gasteiger partial charge in [0, 0.05) is 38.0 Å². The average Bonchev–Trinajstić information content (AvgIpc) is 3.91. The molecule has 12 aromatic rings. The van der Waals surface area contributed by atoms with Gasteiger partial charge in [0.1, 0.15) is 6.07 Å². The minimum atomic E-state index is 0.467. The van der Waals surface area contributed by atoms with E-state index < -0.39 is 0 Å². The number of hydrogen-bond donors (Lipinski definition) is 0. The van der Waals surface area contributed by atoms with Gasteiger partial charge in [0.15, 0.2) is 0 Å². The van der Waals surface area contributed by atoms with Gasteiger partial charge in [-0.25, -0.2) is 4.85 Å². The SMILES string of the molecule is [C-]#[N+]c1cc(-n2c3cc(-n4c5ccccc5c5ccccc54)ccc3c3c4ccccc4ccc32)c(C#N)cc1-n1c2ccccc2c2c3ccccc3ccc21. The molecular formula is C52H29N5. The first kappa shape index (κ1) is 31.3. The number of nitrogens with zero attached hydrogens (tertiary/aromatic N) is 5. The van der Waals surface area contributed by atoms with Gasteiger partial charge in [-0.15, -0.1) is 0 Å². The van der Waals surface area contributed by atoms with Crippen molar-refractivity contribution in [2.75, 3.05) is 0 Å². The van der Waals surface area contributed by atoms with Crippen LogP contribution >= 0.6 is 0 Å². The van der Waals surface area contributed by atoms with Crippen molar-refractivity contribution in [3.8, 4) is 23.1 Å². The third kappa shape index (κ3) is 4.26. The van der Waals surface area contributed by atoms with Crippen molar-refractivity contribution in [1.82, 2.24) is 13.7 Å². The van der Waals surface area contributed by atoms with Crippen LogP contribution in [0.2, 0.25) is 0 Å². The zero-order chi connectivity index (χ0) is 37.8. The van der Waals surface area contributed by atoms with Crippen LogP contribution in [0.25, 0.3) is 109 Å². The van der Waals surface area contributed by atoms with Gasteiger partial charge in [-0.05, 0) is 76.1 Å². The van der Waals surface area contributed by atoms with Crippen molar-refractivity contribution < 1.29 is 0 Å². The second-order valence-electron chi connectivity index (χ2n) is 14.7. The zero-order valence-electron chi connectivity index (χ0n) is 30.5. The Morgan fingerprint density at radius 1 is 0.404 bits per heavy atom. The highest BCUT2D eigenvalue weighted by atomic mass is 15.0. The Bertz CT molecular complexity index is 3730. The number of nitriles is 1. The normalized spacial score (nSPS) is 11.8. The van der Waals surface area contributed by atoms with Crippen molar-refractivity contribution in [2.45, 2.75) is 0 Å². The summed E-state index contributed by atoms with van der Waals surface area (Å²) in [5.41, 5.74) is 9.51. The molecule has 262 valence electrons. The summed E-state index contributed by atoms with van der Waals surface area (Å²) >= 11 is 0. The molecule has 0 saturated carbocycles. The van der Waals surface area contributed by atoms with E-state index >= 15 is 0 Å². The molecule has 3 heterocycles. The van der Waals surface area contributed by atoms with Crippen LogP contribution in [0.15, 0.2) is 176 Å². The number of fused-ring (bicyclic) bond motifs is 13. The van der Waals surface area contributed by atoms with E-state index in [1.54, 1.807) is 0 Å². The molecule has 57 heavy (non-hydrogen) atoms. The molecule has 5 heteroatoms. The van der Waals surface area contributed by atoms with E-state index in [2.05, 4.69) is 182 Å². The maximum atomic E-state index is 11.1. The maximum Gasteiger partial charge on any atom is 0.212 e. The van der Waals surface area contributed by atoms with Crippen LogP contribution in [0.4, 0.5) is 5.69 Å². The monoisotopic (exact) mass is 723 g/mol. The van der Waals surface area contributed by atoms with Crippen LogP contribution in [-0.4, -0.2) is 13.7 Å². The molecule has 0 unspecified atom stereocenters. The van der Waals surface area contributed by atoms with E-state index in [0.29, 0.717) is 22.6 Å². The highest BCUT2D eigenvalue weighted by molar-refractivity contribution is 6.23. The fraction of sp³-hybridized carbons (Fsp3) is 0. The number of aromatic nitrogens is 3. The van der Waals surface area contributed by atoms with Crippen molar-refractivity contribution in [3.63, 3.8) is 0 Å². The van der Waals surface area contributed by atoms with E-state index in [9.17, 15) is 5.26 Å². The molecule has 0 amide bonds. The maximum absolute atomic E-state index is 11.1. The first-order valence-electron chi connectivity index (χ1n) is 19.0. The molecule has 0 N–H and O–H groups in total. The lowest BCUT2D eigenvalue weighted by atomic mass is 10.0. The van der Waals surface area contributed by atoms with Gasteiger partial charge in [-0.3, -0.25) is 0 Å². The van der Waals surface area contributed by atoms with Crippen LogP contribution in [0.5, 0.6) is 0 Å². The minimum absolute atomic E-state index is 0.467. The third-order valence-electron chi connectivity index (χ3n) is 11.9. The first-order chi connectivity index (χ1) is 28.2. The Balaban J connectivity index is 1.18. The third-order valence-corrected chi connectivity index (χ3v) is 11.9. The van der Waals surface area contributed by atoms with Gasteiger partial charge in [-0.2, -0.15) is 5.26 Å². The molecule has 12 rings (SSSR count). The number of benzene rings is 9. The summed E-state index contributed by atoms with van der Waals surface area (Å²) in [7, 11) is 0. The molecule has 0 atom stereocenters. The Hall–Kier alpha value is -8.12. The second kappa shape index (κ2) is 11.7. The predicted octanol–water partition coefficient (Wildman–Crippen LogP) is 13.7. The summed E-state index contributed by atoms with van der Waals surface area (Å²) in [6.45, 7) is 8.62. The number of rotatable bonds is 3. The quantitative estimate of drug-likeness (QED) is 0.167. The summed E-state index contributed by atoms with van der Waals surface area (Å²) in [6, 6.07) is 64.0. The summed E-state index contributed by atoms with van der Waals surface area (Å²) in [4.78, 5) is 4.19. The molecule has 5 nitrogen and oxygen atoms in total. The molecular weight excluding hydrogens is 695 g/mol. The molecule has 9 aromatic carbocycles. The van der Waals surface area contributed by atoms with Crippen LogP contribution < -0.4 is 0 Å². The molecule has 0 spiro atoms. The van der Waals surface area contributed by atoms with E-state index in [0.717, 1.165) is 81.9 Å². The molecule has 0 bridgehead atoms. The molecule has 3 aromatic heterocycles. The van der Waals surface area contributed by atoms with Crippen LogP contribution in [0.1, 0.15) is 5.56 Å². The van der Waals surface area contributed by atoms with E-state index in [1.165, 1.54) is 10.8 Å². The Morgan fingerprint density at radius 2 is 0.895 bits per heavy atom. The lowest BCUT2D eigenvalue weighted by molar-refractivity contribution is 1.13. The minimum Gasteiger partial charge on any atom is -0.319 e. The van der Waals surface area contributed by atoms with Crippen LogP contribution in [-0.2, 0) is 0 Å². The lowest BCUT2D eigenvalue weighted by Gasteiger charge is -2.16. The second-order valence-corrected chi connectivity index (χ2v) is 14.7. The fourth-order valence-electron chi connectivity index (χ4n) is 9.48. The summed E-state index contributed by atoms with van der Waals surface area (Å²) < 4.78 is 6.69. The highest BCUT2D eigenvalue weighted by Gasteiger charge is 2.23. The van der Waals surface area contributed by atoms with Gasteiger partial charge in [0.25, 0.3) is 0 Å². The standard InChI is InChI=1S/C52H29N5/c1-54-42-30-48(34(31-53)28-50(42)56-45-21-11-8-18-40(45)51-36-14-4-2-12-32(36)22-26-46(51)56)57-47-27-23-33-13-3-5-15-37(33)52(47)41-25-24-35(29-49(41)57)55-43-19-9-6-16-38(43)39-17-7-10-20-44(39)55/h2-30H. The Morgan fingerprint density at radius 3 is 1.47 bits per heavy atom. The largest absolute Gasteiger partial charge is 0.319 e. The molecule has 0 radical (unpaired) electrons. The lowest BCUT2D eigenvalue weighted by Crippen LogP contribution is -2.02. The van der Waals surface area contributed by atoms with Crippen molar-refractivity contribution in [1.29, 1.82) is 5.26 Å².